The average molecular weight is 342 g/mol. The van der Waals surface area contributed by atoms with E-state index in [0.29, 0.717) is 31.9 Å². The maximum atomic E-state index is 12.1. The molecular weight excluding hydrogens is 335 g/mol. The topological polar surface area (TPSA) is 70.7 Å². The Labute approximate surface area is 134 Å². The maximum absolute atomic E-state index is 12.1. The summed E-state index contributed by atoms with van der Waals surface area (Å²) in [5.74, 6) is -0.286. The highest BCUT2D eigenvalue weighted by Gasteiger charge is 2.15. The van der Waals surface area contributed by atoms with E-state index in [1.165, 1.54) is 6.20 Å². The van der Waals surface area contributed by atoms with Crippen LogP contribution in [0, 0.1) is 0 Å². The largest absolute Gasteiger partial charge is 0.334 e. The van der Waals surface area contributed by atoms with E-state index in [-0.39, 0.29) is 5.82 Å². The van der Waals surface area contributed by atoms with Gasteiger partial charge >= 0.3 is 0 Å². The van der Waals surface area contributed by atoms with Crippen molar-refractivity contribution in [2.24, 2.45) is 0 Å². The minimum absolute atomic E-state index is 0.129. The Kier molecular flexibility index (Phi) is 3.71. The first-order valence-corrected chi connectivity index (χ1v) is 6.94. The predicted octanol–water partition coefficient (Wildman–Crippen LogP) is 4.17. The number of amides is 1. The molecule has 0 fully saturated rings. The number of imidazole rings is 1. The third-order valence-corrected chi connectivity index (χ3v) is 3.76. The Morgan fingerprint density at radius 3 is 2.67 bits per heavy atom. The first-order chi connectivity index (χ1) is 10.0. The van der Waals surface area contributed by atoms with Gasteiger partial charge < -0.3 is 10.3 Å². The molecule has 0 saturated heterocycles. The van der Waals surface area contributed by atoms with Crippen LogP contribution in [0.3, 0.4) is 0 Å². The summed E-state index contributed by atoms with van der Waals surface area (Å²) in [7, 11) is 0. The van der Waals surface area contributed by atoms with Crippen molar-refractivity contribution in [2.75, 3.05) is 5.32 Å². The molecule has 0 spiro atoms. The van der Waals surface area contributed by atoms with Crippen LogP contribution in [0.2, 0.25) is 15.2 Å². The van der Waals surface area contributed by atoms with Gasteiger partial charge in [-0.15, -0.1) is 0 Å². The van der Waals surface area contributed by atoms with E-state index >= 15 is 0 Å². The molecule has 0 saturated carbocycles. The lowest BCUT2D eigenvalue weighted by molar-refractivity contribution is 0.101. The highest BCUT2D eigenvalue weighted by molar-refractivity contribution is 6.45. The Hall–Kier alpha value is -1.82. The number of fused-ring (bicyclic) bond motifs is 1. The van der Waals surface area contributed by atoms with Crippen molar-refractivity contribution >= 4 is 57.4 Å². The number of nitrogens with zero attached hydrogens (tertiary/aromatic N) is 2. The standard InChI is InChI=1S/C13H7Cl3N4O/c14-7-2-3-8-11(10(7)16)20-12(19-8)13(21)18-6-1-4-9(15)17-5-6/h1-5H,(H,18,21)(H,19,20). The van der Waals surface area contributed by atoms with E-state index in [1.807, 2.05) is 0 Å². The summed E-state index contributed by atoms with van der Waals surface area (Å²) in [6.07, 6.45) is 1.45. The Bertz CT molecular complexity index is 829. The van der Waals surface area contributed by atoms with Gasteiger partial charge in [0.15, 0.2) is 5.82 Å². The van der Waals surface area contributed by atoms with Crippen LogP contribution in [-0.2, 0) is 0 Å². The number of nitrogens with one attached hydrogen (secondary N) is 2. The molecule has 1 amide bonds. The van der Waals surface area contributed by atoms with Crippen LogP contribution in [0.15, 0.2) is 30.5 Å². The van der Waals surface area contributed by atoms with Gasteiger partial charge in [-0.25, -0.2) is 9.97 Å². The van der Waals surface area contributed by atoms with Crippen molar-refractivity contribution in [3.05, 3.63) is 51.5 Å². The van der Waals surface area contributed by atoms with Crippen LogP contribution >= 0.6 is 34.8 Å². The van der Waals surface area contributed by atoms with Gasteiger partial charge in [-0.3, -0.25) is 4.79 Å². The number of hydrogen-bond acceptors (Lipinski definition) is 3. The number of benzene rings is 1. The fourth-order valence-electron chi connectivity index (χ4n) is 1.77. The molecular formula is C13H7Cl3N4O. The number of pyridine rings is 1. The monoisotopic (exact) mass is 340 g/mol. The number of aromatic amines is 1. The van der Waals surface area contributed by atoms with Crippen molar-refractivity contribution < 1.29 is 4.79 Å². The van der Waals surface area contributed by atoms with Crippen molar-refractivity contribution in [1.82, 2.24) is 15.0 Å². The smallest absolute Gasteiger partial charge is 0.291 e. The molecule has 0 bridgehead atoms. The Morgan fingerprint density at radius 1 is 1.14 bits per heavy atom. The summed E-state index contributed by atoms with van der Waals surface area (Å²) in [6.45, 7) is 0. The molecule has 5 nitrogen and oxygen atoms in total. The number of hydrogen-bond donors (Lipinski definition) is 2. The summed E-state index contributed by atoms with van der Waals surface area (Å²) in [5.41, 5.74) is 1.58. The van der Waals surface area contributed by atoms with Gasteiger partial charge in [-0.2, -0.15) is 0 Å². The molecule has 0 atom stereocenters. The fourth-order valence-corrected chi connectivity index (χ4v) is 2.24. The molecule has 1 aromatic carbocycles. The minimum Gasteiger partial charge on any atom is -0.334 e. The van der Waals surface area contributed by atoms with Gasteiger partial charge in [0.25, 0.3) is 5.91 Å². The number of anilines is 1. The highest BCUT2D eigenvalue weighted by Crippen LogP contribution is 2.29. The lowest BCUT2D eigenvalue weighted by atomic mass is 10.3. The van der Waals surface area contributed by atoms with Crippen molar-refractivity contribution in [2.45, 2.75) is 0 Å². The summed E-state index contributed by atoms with van der Waals surface area (Å²) >= 11 is 17.6. The van der Waals surface area contributed by atoms with Crippen LogP contribution in [0.4, 0.5) is 5.69 Å². The first-order valence-electron chi connectivity index (χ1n) is 5.81. The van der Waals surface area contributed by atoms with E-state index in [0.717, 1.165) is 0 Å². The second kappa shape index (κ2) is 5.52. The predicted molar refractivity (Wildman–Crippen MR) is 83.3 cm³/mol. The molecule has 0 unspecified atom stereocenters. The van der Waals surface area contributed by atoms with Crippen LogP contribution < -0.4 is 5.32 Å². The molecule has 106 valence electrons. The fraction of sp³-hybridized carbons (Fsp3) is 0. The summed E-state index contributed by atoms with van der Waals surface area (Å²) < 4.78 is 0. The Balaban J connectivity index is 1.91. The molecule has 2 N–H and O–H groups in total. The van der Waals surface area contributed by atoms with E-state index < -0.39 is 5.91 Å². The van der Waals surface area contributed by atoms with Gasteiger partial charge in [0.05, 0.1) is 27.4 Å². The van der Waals surface area contributed by atoms with Gasteiger partial charge in [-0.1, -0.05) is 34.8 Å². The van der Waals surface area contributed by atoms with Crippen LogP contribution in [0.5, 0.6) is 0 Å². The van der Waals surface area contributed by atoms with Crippen molar-refractivity contribution in [3.63, 3.8) is 0 Å². The number of H-pyrrole nitrogens is 1. The third kappa shape index (κ3) is 2.81. The van der Waals surface area contributed by atoms with Gasteiger partial charge in [-0.05, 0) is 24.3 Å². The zero-order chi connectivity index (χ0) is 15.0. The quantitative estimate of drug-likeness (QED) is 0.687. The van der Waals surface area contributed by atoms with Crippen molar-refractivity contribution in [1.29, 1.82) is 0 Å². The number of aromatic nitrogens is 3. The highest BCUT2D eigenvalue weighted by atomic mass is 35.5. The van der Waals surface area contributed by atoms with E-state index in [2.05, 4.69) is 20.3 Å². The minimum atomic E-state index is -0.414. The first kappa shape index (κ1) is 14.1. The molecule has 3 rings (SSSR count). The van der Waals surface area contributed by atoms with E-state index in [1.54, 1.807) is 24.3 Å². The lowest BCUT2D eigenvalue weighted by Gasteiger charge is -2.01. The van der Waals surface area contributed by atoms with Crippen LogP contribution in [0.25, 0.3) is 11.0 Å². The zero-order valence-electron chi connectivity index (χ0n) is 10.3. The summed E-state index contributed by atoms with van der Waals surface area (Å²) in [6, 6.07) is 6.55. The normalized spacial score (nSPS) is 10.8. The SMILES string of the molecule is O=C(Nc1ccc(Cl)nc1)c1nc2c(Cl)c(Cl)ccc2[nH]1. The summed E-state index contributed by atoms with van der Waals surface area (Å²) in [4.78, 5) is 23.0. The molecule has 0 radical (unpaired) electrons. The number of carbonyl (C=O) groups is 1. The number of halogens is 3. The van der Waals surface area contributed by atoms with Gasteiger partial charge in [0.1, 0.15) is 10.7 Å². The molecule has 2 heterocycles. The van der Waals surface area contributed by atoms with E-state index in [4.69, 9.17) is 34.8 Å². The maximum Gasteiger partial charge on any atom is 0.291 e. The summed E-state index contributed by atoms with van der Waals surface area (Å²) in [5, 5.41) is 3.68. The molecule has 8 heteroatoms. The van der Waals surface area contributed by atoms with E-state index in [9.17, 15) is 4.79 Å². The average Bonchev–Trinajstić information content (AvgIpc) is 2.90. The second-order valence-corrected chi connectivity index (χ2v) is 5.34. The van der Waals surface area contributed by atoms with Gasteiger partial charge in [0.2, 0.25) is 0 Å². The molecule has 2 aromatic heterocycles. The number of carbonyl (C=O) groups excluding carboxylic acids is 1. The Morgan fingerprint density at radius 2 is 1.95 bits per heavy atom. The second-order valence-electron chi connectivity index (χ2n) is 4.17. The molecule has 3 aromatic rings. The third-order valence-electron chi connectivity index (χ3n) is 2.75. The lowest BCUT2D eigenvalue weighted by Crippen LogP contribution is -2.13. The zero-order valence-corrected chi connectivity index (χ0v) is 12.6. The van der Waals surface area contributed by atoms with Crippen LogP contribution in [0.1, 0.15) is 10.6 Å². The molecule has 0 aliphatic heterocycles. The van der Waals surface area contributed by atoms with Crippen LogP contribution in [-0.4, -0.2) is 20.9 Å². The van der Waals surface area contributed by atoms with Crippen molar-refractivity contribution in [3.8, 4) is 0 Å². The number of rotatable bonds is 2. The molecule has 0 aliphatic carbocycles. The molecule has 0 aliphatic rings. The van der Waals surface area contributed by atoms with Gasteiger partial charge in [0, 0.05) is 0 Å². The molecule has 21 heavy (non-hydrogen) atoms.